The maximum absolute atomic E-state index is 14.4. The summed E-state index contributed by atoms with van der Waals surface area (Å²) in [5.41, 5.74) is -0.108. The molecule has 4 heteroatoms. The number of aliphatic hydroxyl groups is 1. The van der Waals surface area contributed by atoms with Crippen molar-refractivity contribution in [3.05, 3.63) is 41.8 Å². The van der Waals surface area contributed by atoms with Crippen molar-refractivity contribution in [1.82, 2.24) is 4.98 Å². The molecule has 2 unspecified atom stereocenters. The van der Waals surface area contributed by atoms with Crippen LogP contribution in [0.25, 0.3) is 10.9 Å². The van der Waals surface area contributed by atoms with Crippen LogP contribution in [-0.2, 0) is 10.3 Å². The van der Waals surface area contributed by atoms with E-state index in [9.17, 15) is 9.50 Å². The van der Waals surface area contributed by atoms with Gasteiger partial charge in [0.25, 0.3) is 0 Å². The Morgan fingerprint density at radius 1 is 1.25 bits per heavy atom. The SMILES string of the molecule is OC1(c2cc3cccnc3cc2F)CC2CCC(C1)O2. The van der Waals surface area contributed by atoms with Crippen molar-refractivity contribution in [1.29, 1.82) is 0 Å². The molecule has 2 aliphatic heterocycles. The van der Waals surface area contributed by atoms with E-state index in [1.807, 2.05) is 12.1 Å². The van der Waals surface area contributed by atoms with Gasteiger partial charge in [0.05, 0.1) is 23.3 Å². The Morgan fingerprint density at radius 2 is 2.00 bits per heavy atom. The molecule has 1 aromatic heterocycles. The molecule has 2 bridgehead atoms. The van der Waals surface area contributed by atoms with Crippen LogP contribution in [0.3, 0.4) is 0 Å². The molecule has 0 saturated carbocycles. The highest BCUT2D eigenvalue weighted by atomic mass is 19.1. The zero-order valence-corrected chi connectivity index (χ0v) is 11.1. The topological polar surface area (TPSA) is 42.4 Å². The summed E-state index contributed by atoms with van der Waals surface area (Å²) >= 11 is 0. The number of hydrogen-bond donors (Lipinski definition) is 1. The maximum Gasteiger partial charge on any atom is 0.131 e. The molecule has 2 fully saturated rings. The quantitative estimate of drug-likeness (QED) is 0.868. The molecule has 4 rings (SSSR count). The highest BCUT2D eigenvalue weighted by molar-refractivity contribution is 5.79. The monoisotopic (exact) mass is 273 g/mol. The number of halogens is 1. The van der Waals surface area contributed by atoms with Crippen LogP contribution in [-0.4, -0.2) is 22.3 Å². The summed E-state index contributed by atoms with van der Waals surface area (Å²) in [7, 11) is 0. The Morgan fingerprint density at radius 3 is 2.75 bits per heavy atom. The van der Waals surface area contributed by atoms with Crippen LogP contribution in [0.2, 0.25) is 0 Å². The van der Waals surface area contributed by atoms with Gasteiger partial charge >= 0.3 is 0 Å². The van der Waals surface area contributed by atoms with Crippen LogP contribution in [0.5, 0.6) is 0 Å². The highest BCUT2D eigenvalue weighted by Crippen LogP contribution is 2.45. The van der Waals surface area contributed by atoms with E-state index in [1.165, 1.54) is 6.07 Å². The van der Waals surface area contributed by atoms with E-state index in [2.05, 4.69) is 4.98 Å². The zero-order chi connectivity index (χ0) is 13.7. The van der Waals surface area contributed by atoms with Gasteiger partial charge in [0.2, 0.25) is 0 Å². The number of pyridine rings is 1. The second kappa shape index (κ2) is 4.24. The predicted molar refractivity (Wildman–Crippen MR) is 72.7 cm³/mol. The van der Waals surface area contributed by atoms with Gasteiger partial charge in [-0.2, -0.15) is 0 Å². The number of nitrogens with zero attached hydrogens (tertiary/aromatic N) is 1. The summed E-state index contributed by atoms with van der Waals surface area (Å²) in [6.07, 6.45) is 4.64. The molecule has 3 nitrogen and oxygen atoms in total. The Labute approximate surface area is 116 Å². The number of rotatable bonds is 1. The first-order valence-corrected chi connectivity index (χ1v) is 7.07. The van der Waals surface area contributed by atoms with E-state index in [4.69, 9.17) is 4.74 Å². The van der Waals surface area contributed by atoms with E-state index >= 15 is 0 Å². The van der Waals surface area contributed by atoms with Gasteiger partial charge in [-0.15, -0.1) is 0 Å². The van der Waals surface area contributed by atoms with Crippen LogP contribution < -0.4 is 0 Å². The van der Waals surface area contributed by atoms with Crippen LogP contribution in [0.15, 0.2) is 30.5 Å². The molecule has 2 saturated heterocycles. The van der Waals surface area contributed by atoms with Gasteiger partial charge in [-0.1, -0.05) is 6.07 Å². The zero-order valence-electron chi connectivity index (χ0n) is 11.1. The molecule has 0 aliphatic carbocycles. The van der Waals surface area contributed by atoms with Crippen LogP contribution in [0.4, 0.5) is 4.39 Å². The molecule has 1 N–H and O–H groups in total. The van der Waals surface area contributed by atoms with Gasteiger partial charge < -0.3 is 9.84 Å². The summed E-state index contributed by atoms with van der Waals surface area (Å²) in [6.45, 7) is 0. The number of ether oxygens (including phenoxy) is 1. The molecule has 1 aromatic carbocycles. The lowest BCUT2D eigenvalue weighted by Gasteiger charge is -2.37. The normalized spacial score (nSPS) is 32.7. The Bertz CT molecular complexity index is 661. The number of fused-ring (bicyclic) bond motifs is 3. The molecule has 2 atom stereocenters. The van der Waals surface area contributed by atoms with Gasteiger partial charge in [0.15, 0.2) is 0 Å². The summed E-state index contributed by atoms with van der Waals surface area (Å²) in [4.78, 5) is 4.15. The molecule has 20 heavy (non-hydrogen) atoms. The van der Waals surface area contributed by atoms with Crippen molar-refractivity contribution in [2.45, 2.75) is 43.5 Å². The molecule has 104 valence electrons. The second-order valence-corrected chi connectivity index (χ2v) is 5.93. The minimum Gasteiger partial charge on any atom is -0.385 e. The lowest BCUT2D eigenvalue weighted by molar-refractivity contribution is -0.116. The minimum atomic E-state index is -1.11. The molecule has 2 aliphatic rings. The van der Waals surface area contributed by atoms with Crippen molar-refractivity contribution >= 4 is 10.9 Å². The summed E-state index contributed by atoms with van der Waals surface area (Å²) in [5, 5.41) is 11.8. The van der Waals surface area contributed by atoms with E-state index < -0.39 is 5.60 Å². The standard InChI is InChI=1S/C16H16FNO2/c17-14-7-15-10(2-1-5-18-15)6-13(14)16(19)8-11-3-4-12(9-16)20-11/h1-2,5-7,11-12,19H,3-4,8-9H2. The average molecular weight is 273 g/mol. The molecular formula is C16H16FNO2. The fraction of sp³-hybridized carbons (Fsp3) is 0.438. The molecule has 2 aromatic rings. The third-order valence-electron chi connectivity index (χ3n) is 4.52. The van der Waals surface area contributed by atoms with Gasteiger partial charge in [-0.05, 0) is 25.0 Å². The van der Waals surface area contributed by atoms with E-state index in [0.717, 1.165) is 18.2 Å². The van der Waals surface area contributed by atoms with E-state index in [0.29, 0.717) is 23.9 Å². The molecule has 0 amide bonds. The Hall–Kier alpha value is -1.52. The third kappa shape index (κ3) is 1.83. The number of hydrogen-bond acceptors (Lipinski definition) is 3. The fourth-order valence-electron chi connectivity index (χ4n) is 3.59. The van der Waals surface area contributed by atoms with Crippen molar-refractivity contribution in [2.75, 3.05) is 0 Å². The van der Waals surface area contributed by atoms with Crippen molar-refractivity contribution in [2.24, 2.45) is 0 Å². The van der Waals surface area contributed by atoms with Gasteiger partial charge in [0.1, 0.15) is 5.82 Å². The lowest BCUT2D eigenvalue weighted by Crippen LogP contribution is -2.39. The van der Waals surface area contributed by atoms with E-state index in [-0.39, 0.29) is 18.0 Å². The largest absolute Gasteiger partial charge is 0.385 e. The first kappa shape index (κ1) is 12.2. The average Bonchev–Trinajstić information content (AvgIpc) is 2.77. The van der Waals surface area contributed by atoms with Crippen LogP contribution in [0, 0.1) is 5.82 Å². The second-order valence-electron chi connectivity index (χ2n) is 5.93. The first-order chi connectivity index (χ1) is 9.64. The summed E-state index contributed by atoms with van der Waals surface area (Å²) in [5.74, 6) is -0.375. The minimum absolute atomic E-state index is 0.0581. The fourth-order valence-corrected chi connectivity index (χ4v) is 3.59. The third-order valence-corrected chi connectivity index (χ3v) is 4.52. The van der Waals surface area contributed by atoms with Gasteiger partial charge in [-0.3, -0.25) is 4.98 Å². The molecule has 3 heterocycles. The molecular weight excluding hydrogens is 257 g/mol. The first-order valence-electron chi connectivity index (χ1n) is 7.07. The summed E-state index contributed by atoms with van der Waals surface area (Å²) < 4.78 is 20.1. The number of benzene rings is 1. The van der Waals surface area contributed by atoms with Crippen LogP contribution in [0.1, 0.15) is 31.2 Å². The van der Waals surface area contributed by atoms with E-state index in [1.54, 1.807) is 12.3 Å². The van der Waals surface area contributed by atoms with Crippen LogP contribution >= 0.6 is 0 Å². The van der Waals surface area contributed by atoms with Crippen molar-refractivity contribution in [3.8, 4) is 0 Å². The lowest BCUT2D eigenvalue weighted by atomic mass is 9.82. The van der Waals surface area contributed by atoms with Crippen molar-refractivity contribution < 1.29 is 14.2 Å². The Kier molecular flexibility index (Phi) is 2.59. The van der Waals surface area contributed by atoms with Gasteiger partial charge in [-0.25, -0.2) is 4.39 Å². The van der Waals surface area contributed by atoms with Crippen molar-refractivity contribution in [3.63, 3.8) is 0 Å². The number of aromatic nitrogens is 1. The maximum atomic E-state index is 14.4. The molecule has 0 spiro atoms. The highest BCUT2D eigenvalue weighted by Gasteiger charge is 2.45. The summed E-state index contributed by atoms with van der Waals surface area (Å²) in [6, 6.07) is 6.87. The molecule has 0 radical (unpaired) electrons. The van der Waals surface area contributed by atoms with Gasteiger partial charge in [0, 0.05) is 36.1 Å². The smallest absolute Gasteiger partial charge is 0.131 e. The Balaban J connectivity index is 1.83. The predicted octanol–water partition coefficient (Wildman–Crippen LogP) is 2.90.